The van der Waals surface area contributed by atoms with E-state index in [1.807, 2.05) is 0 Å². The van der Waals surface area contributed by atoms with Crippen molar-refractivity contribution in [2.24, 2.45) is 0 Å². The van der Waals surface area contributed by atoms with E-state index >= 15 is 0 Å². The molecular formula is C11H18N3Si. The molecule has 15 heavy (non-hydrogen) atoms. The van der Waals surface area contributed by atoms with Crippen molar-refractivity contribution < 1.29 is 0 Å². The fourth-order valence-corrected chi connectivity index (χ4v) is 5.47. The highest BCUT2D eigenvalue weighted by molar-refractivity contribution is 6.73. The third kappa shape index (κ3) is 2.62. The molecule has 1 aromatic rings. The van der Waals surface area contributed by atoms with E-state index in [1.54, 1.807) is 6.20 Å². The summed E-state index contributed by atoms with van der Waals surface area (Å²) in [5.74, 6) is 0. The van der Waals surface area contributed by atoms with Gasteiger partial charge in [0, 0.05) is 5.32 Å². The van der Waals surface area contributed by atoms with Gasteiger partial charge in [-0.15, -0.1) is 10.2 Å². The number of nitrogens with zero attached hydrogens (tertiary/aromatic N) is 3. The molecule has 1 fully saturated rings. The Morgan fingerprint density at radius 1 is 1.33 bits per heavy atom. The van der Waals surface area contributed by atoms with E-state index in [-0.39, 0.29) is 0 Å². The minimum atomic E-state index is -0.476. The maximum Gasteiger partial charge on any atom is 0.116 e. The van der Waals surface area contributed by atoms with Crippen LogP contribution in [-0.4, -0.2) is 24.2 Å². The van der Waals surface area contributed by atoms with Crippen molar-refractivity contribution in [2.75, 3.05) is 0 Å². The molecule has 1 radical (unpaired) electrons. The van der Waals surface area contributed by atoms with Gasteiger partial charge >= 0.3 is 0 Å². The van der Waals surface area contributed by atoms with Crippen LogP contribution < -0.4 is 5.32 Å². The van der Waals surface area contributed by atoms with Crippen LogP contribution in [0.3, 0.4) is 0 Å². The summed E-state index contributed by atoms with van der Waals surface area (Å²) in [5.41, 5.74) is 0.922. The standard InChI is InChI=1S/C11H18N3Si/c1-2-15(10-6-4-3-5-7-10)11-8-9-12-14-13-11/h8-10H,2-7H2,1H3. The zero-order chi connectivity index (χ0) is 10.5. The molecule has 1 aliphatic carbocycles. The Kier molecular flexibility index (Phi) is 3.83. The summed E-state index contributed by atoms with van der Waals surface area (Å²) < 4.78 is 0. The summed E-state index contributed by atoms with van der Waals surface area (Å²) >= 11 is 0. The molecule has 0 spiro atoms. The lowest BCUT2D eigenvalue weighted by Gasteiger charge is -2.27. The van der Waals surface area contributed by atoms with Crippen LogP contribution in [0.4, 0.5) is 0 Å². The Balaban J connectivity index is 2.09. The second kappa shape index (κ2) is 5.35. The summed E-state index contributed by atoms with van der Waals surface area (Å²) in [6, 6.07) is 3.34. The summed E-state index contributed by atoms with van der Waals surface area (Å²) in [4.78, 5) is 0. The van der Waals surface area contributed by atoms with Gasteiger partial charge in [0.25, 0.3) is 0 Å². The molecule has 1 aromatic heterocycles. The smallest absolute Gasteiger partial charge is 0.116 e. The molecule has 0 saturated heterocycles. The average molecular weight is 220 g/mol. The summed E-state index contributed by atoms with van der Waals surface area (Å²) in [6.07, 6.45) is 8.86. The van der Waals surface area contributed by atoms with Crippen molar-refractivity contribution >= 4 is 14.1 Å². The second-order valence-corrected chi connectivity index (χ2v) is 7.31. The zero-order valence-electron chi connectivity index (χ0n) is 9.32. The molecule has 81 valence electrons. The van der Waals surface area contributed by atoms with Gasteiger partial charge in [-0.05, 0) is 16.8 Å². The largest absolute Gasteiger partial charge is 0.140 e. The van der Waals surface area contributed by atoms with Crippen LogP contribution >= 0.6 is 0 Å². The molecule has 4 heteroatoms. The van der Waals surface area contributed by atoms with Crippen molar-refractivity contribution in [2.45, 2.75) is 50.6 Å². The molecule has 0 aliphatic heterocycles. The van der Waals surface area contributed by atoms with Crippen molar-refractivity contribution in [1.29, 1.82) is 0 Å². The third-order valence-corrected chi connectivity index (χ3v) is 6.56. The van der Waals surface area contributed by atoms with Crippen LogP contribution in [-0.2, 0) is 0 Å². The minimum absolute atomic E-state index is 0.476. The predicted molar refractivity (Wildman–Crippen MR) is 62.5 cm³/mol. The van der Waals surface area contributed by atoms with Gasteiger partial charge in [-0.1, -0.05) is 45.1 Å². The maximum atomic E-state index is 4.21. The molecule has 0 N–H and O–H groups in total. The predicted octanol–water partition coefficient (Wildman–Crippen LogP) is 1.93. The third-order valence-electron chi connectivity index (χ3n) is 3.31. The zero-order valence-corrected chi connectivity index (χ0v) is 10.3. The minimum Gasteiger partial charge on any atom is -0.140 e. The van der Waals surface area contributed by atoms with E-state index in [1.165, 1.54) is 43.5 Å². The van der Waals surface area contributed by atoms with Gasteiger partial charge in [-0.2, -0.15) is 0 Å². The first-order valence-electron chi connectivity index (χ1n) is 5.92. The topological polar surface area (TPSA) is 38.7 Å². The highest BCUT2D eigenvalue weighted by atomic mass is 28.3. The van der Waals surface area contributed by atoms with Crippen LogP contribution in [0.5, 0.6) is 0 Å². The number of hydrogen-bond donors (Lipinski definition) is 0. The van der Waals surface area contributed by atoms with Crippen molar-refractivity contribution in [3.8, 4) is 0 Å². The van der Waals surface area contributed by atoms with E-state index < -0.39 is 8.80 Å². The van der Waals surface area contributed by atoms with Gasteiger partial charge in [0.1, 0.15) is 8.80 Å². The maximum absolute atomic E-state index is 4.21. The van der Waals surface area contributed by atoms with Crippen molar-refractivity contribution in [1.82, 2.24) is 15.4 Å². The van der Waals surface area contributed by atoms with E-state index in [0.717, 1.165) is 5.54 Å². The summed E-state index contributed by atoms with van der Waals surface area (Å²) in [7, 11) is -0.476. The van der Waals surface area contributed by atoms with E-state index in [0.29, 0.717) is 0 Å². The van der Waals surface area contributed by atoms with Gasteiger partial charge in [0.05, 0.1) is 6.20 Å². The van der Waals surface area contributed by atoms with Crippen LogP contribution in [0.25, 0.3) is 0 Å². The lowest BCUT2D eigenvalue weighted by molar-refractivity contribution is 0.497. The van der Waals surface area contributed by atoms with Gasteiger partial charge in [-0.25, -0.2) is 0 Å². The van der Waals surface area contributed by atoms with Crippen LogP contribution in [0.15, 0.2) is 12.3 Å². The molecule has 1 saturated carbocycles. The first-order chi connectivity index (χ1) is 7.42. The van der Waals surface area contributed by atoms with Gasteiger partial charge in [0.2, 0.25) is 0 Å². The van der Waals surface area contributed by atoms with E-state index in [2.05, 4.69) is 28.4 Å². The Morgan fingerprint density at radius 2 is 2.13 bits per heavy atom. The molecule has 0 bridgehead atoms. The Hall–Kier alpha value is -0.773. The lowest BCUT2D eigenvalue weighted by atomic mass is 10.0. The highest BCUT2D eigenvalue weighted by Crippen LogP contribution is 2.31. The number of hydrogen-bond acceptors (Lipinski definition) is 3. The average Bonchev–Trinajstić information content (AvgIpc) is 2.33. The first-order valence-corrected chi connectivity index (χ1v) is 7.70. The molecule has 0 atom stereocenters. The Morgan fingerprint density at radius 3 is 2.73 bits per heavy atom. The van der Waals surface area contributed by atoms with Crippen LogP contribution in [0.1, 0.15) is 39.0 Å². The number of aromatic nitrogens is 3. The van der Waals surface area contributed by atoms with Crippen molar-refractivity contribution in [3.63, 3.8) is 0 Å². The fourth-order valence-electron chi connectivity index (χ4n) is 2.54. The molecule has 0 aromatic carbocycles. The summed E-state index contributed by atoms with van der Waals surface area (Å²) in [5, 5.41) is 13.0. The second-order valence-electron chi connectivity index (χ2n) is 4.22. The van der Waals surface area contributed by atoms with Gasteiger partial charge < -0.3 is 0 Å². The molecular weight excluding hydrogens is 202 g/mol. The summed E-state index contributed by atoms with van der Waals surface area (Å²) in [6.45, 7) is 2.30. The van der Waals surface area contributed by atoms with E-state index in [9.17, 15) is 0 Å². The monoisotopic (exact) mass is 220 g/mol. The van der Waals surface area contributed by atoms with Crippen molar-refractivity contribution in [3.05, 3.63) is 12.3 Å². The fraction of sp³-hybridized carbons (Fsp3) is 0.727. The van der Waals surface area contributed by atoms with Crippen LogP contribution in [0, 0.1) is 0 Å². The Labute approximate surface area is 92.9 Å². The molecule has 0 unspecified atom stereocenters. The lowest BCUT2D eigenvalue weighted by Crippen LogP contribution is -2.38. The molecule has 3 nitrogen and oxygen atoms in total. The molecule has 1 heterocycles. The highest BCUT2D eigenvalue weighted by Gasteiger charge is 2.26. The van der Waals surface area contributed by atoms with E-state index in [4.69, 9.17) is 0 Å². The van der Waals surface area contributed by atoms with Gasteiger partial charge in [0.15, 0.2) is 0 Å². The quantitative estimate of drug-likeness (QED) is 0.731. The SMILES string of the molecule is CC[Si](c1ccnnn1)C1CCCCC1. The Bertz CT molecular complexity index is 285. The molecule has 0 amide bonds. The number of rotatable bonds is 3. The molecule has 2 rings (SSSR count). The van der Waals surface area contributed by atoms with Crippen LogP contribution in [0.2, 0.25) is 11.6 Å². The molecule has 1 aliphatic rings. The first kappa shape index (κ1) is 10.7. The van der Waals surface area contributed by atoms with Gasteiger partial charge in [-0.3, -0.25) is 0 Å². The normalized spacial score (nSPS) is 18.3.